The molecular weight excluding hydrogens is 456 g/mol. The van der Waals surface area contributed by atoms with Crippen LogP contribution in [0.2, 0.25) is 0 Å². The molecule has 0 fully saturated rings. The Bertz CT molecular complexity index is 835. The van der Waals surface area contributed by atoms with Gasteiger partial charge in [0.05, 0.1) is 6.61 Å². The summed E-state index contributed by atoms with van der Waals surface area (Å²) in [7, 11) is 0. The highest BCUT2D eigenvalue weighted by Crippen LogP contribution is 2.34. The van der Waals surface area contributed by atoms with Crippen LogP contribution in [0, 0.1) is 0 Å². The van der Waals surface area contributed by atoms with E-state index in [1.807, 2.05) is 45.9 Å². The first kappa shape index (κ1) is 25.2. The minimum absolute atomic E-state index is 0.0576. The van der Waals surface area contributed by atoms with Crippen LogP contribution in [0.1, 0.15) is 52.2 Å². The first-order valence-electron chi connectivity index (χ1n) is 10.8. The molecular formula is C25H35BrN2O3. The second-order valence-corrected chi connectivity index (χ2v) is 9.57. The quantitative estimate of drug-likeness (QED) is 0.451. The third-order valence-electron chi connectivity index (χ3n) is 4.64. The molecule has 5 nitrogen and oxygen atoms in total. The Labute approximate surface area is 195 Å². The summed E-state index contributed by atoms with van der Waals surface area (Å²) in [5.41, 5.74) is 2.14. The topological polar surface area (TPSA) is 59.6 Å². The monoisotopic (exact) mass is 490 g/mol. The van der Waals surface area contributed by atoms with Crippen molar-refractivity contribution in [3.05, 3.63) is 58.1 Å². The van der Waals surface area contributed by atoms with Crippen molar-refractivity contribution in [2.45, 2.75) is 65.6 Å². The molecule has 0 heterocycles. The van der Waals surface area contributed by atoms with Crippen molar-refractivity contribution < 1.29 is 14.3 Å². The number of hydrogen-bond acceptors (Lipinski definition) is 4. The highest BCUT2D eigenvalue weighted by Gasteiger charge is 2.16. The summed E-state index contributed by atoms with van der Waals surface area (Å²) < 4.78 is 12.5. The number of benzene rings is 2. The smallest absolute Gasteiger partial charge is 0.258 e. The van der Waals surface area contributed by atoms with Gasteiger partial charge in [-0.05, 0) is 70.7 Å². The number of halogens is 1. The summed E-state index contributed by atoms with van der Waals surface area (Å²) in [5, 5.41) is 6.48. The summed E-state index contributed by atoms with van der Waals surface area (Å²) >= 11 is 3.64. The Hall–Kier alpha value is -2.05. The van der Waals surface area contributed by atoms with Gasteiger partial charge in [-0.2, -0.15) is 0 Å². The van der Waals surface area contributed by atoms with Gasteiger partial charge in [-0.15, -0.1) is 0 Å². The van der Waals surface area contributed by atoms with Gasteiger partial charge in [-0.3, -0.25) is 4.79 Å². The Balaban J connectivity index is 1.96. The molecule has 0 aliphatic rings. The highest BCUT2D eigenvalue weighted by molar-refractivity contribution is 9.10. The molecule has 170 valence electrons. The second-order valence-electron chi connectivity index (χ2n) is 8.72. The summed E-state index contributed by atoms with van der Waals surface area (Å²) in [6.07, 6.45) is 2.10. The van der Waals surface area contributed by atoms with Crippen molar-refractivity contribution in [3.63, 3.8) is 0 Å². The van der Waals surface area contributed by atoms with Crippen molar-refractivity contribution in [1.82, 2.24) is 10.6 Å². The molecule has 2 aromatic rings. The molecule has 2 rings (SSSR count). The predicted molar refractivity (Wildman–Crippen MR) is 130 cm³/mol. The number of carbonyl (C=O) groups excluding carboxylic acids is 1. The van der Waals surface area contributed by atoms with Gasteiger partial charge in [0.25, 0.3) is 5.91 Å². The third-order valence-corrected chi connectivity index (χ3v) is 5.37. The first-order chi connectivity index (χ1) is 14.7. The minimum atomic E-state index is -0.295. The van der Waals surface area contributed by atoms with Crippen molar-refractivity contribution in [1.29, 1.82) is 0 Å². The molecule has 0 radical (unpaired) electrons. The number of carbonyl (C=O) groups is 1. The molecule has 0 aromatic heterocycles. The van der Waals surface area contributed by atoms with Gasteiger partial charge in [-0.25, -0.2) is 0 Å². The molecule has 0 saturated carbocycles. The molecule has 31 heavy (non-hydrogen) atoms. The van der Waals surface area contributed by atoms with E-state index >= 15 is 0 Å². The fourth-order valence-electron chi connectivity index (χ4n) is 3.11. The average Bonchev–Trinajstić information content (AvgIpc) is 2.71. The molecule has 1 amide bonds. The number of nitrogens with one attached hydrogen (secondary N) is 2. The zero-order chi connectivity index (χ0) is 22.9. The number of aryl methyl sites for hydroxylation is 1. The van der Waals surface area contributed by atoms with E-state index in [-0.39, 0.29) is 18.1 Å². The lowest BCUT2D eigenvalue weighted by Gasteiger charge is -2.21. The van der Waals surface area contributed by atoms with E-state index in [4.69, 9.17) is 9.47 Å². The van der Waals surface area contributed by atoms with Gasteiger partial charge in [0, 0.05) is 22.6 Å². The molecule has 0 bridgehead atoms. The Kier molecular flexibility index (Phi) is 9.85. The van der Waals surface area contributed by atoms with Crippen LogP contribution < -0.4 is 20.1 Å². The molecule has 2 N–H and O–H groups in total. The van der Waals surface area contributed by atoms with Gasteiger partial charge in [-0.1, -0.05) is 46.3 Å². The maximum absolute atomic E-state index is 12.1. The summed E-state index contributed by atoms with van der Waals surface area (Å²) in [6, 6.07) is 14.8. The Morgan fingerprint density at radius 1 is 1.10 bits per heavy atom. The number of ether oxygens (including phenoxy) is 2. The average molecular weight is 491 g/mol. The largest absolute Gasteiger partial charge is 0.490 e. The molecule has 1 atom stereocenters. The van der Waals surface area contributed by atoms with Crippen LogP contribution in [0.25, 0.3) is 0 Å². The molecule has 0 aliphatic carbocycles. The summed E-state index contributed by atoms with van der Waals surface area (Å²) in [5.74, 6) is 1.03. The lowest BCUT2D eigenvalue weighted by atomic mass is 10.1. The predicted octanol–water partition coefficient (Wildman–Crippen LogP) is 5.25. The standard InChI is InChI=1S/C25H35BrN2O3/c1-6-30-22-14-20(16-27-18(2)12-13-19-10-8-7-9-11-19)21(26)15-23(22)31-17-24(29)28-25(3,4)5/h7-11,14-15,18,27H,6,12-13,16-17H2,1-5H3,(H,28,29). The fourth-order valence-corrected chi connectivity index (χ4v) is 3.57. The molecule has 0 saturated heterocycles. The van der Waals surface area contributed by atoms with E-state index in [9.17, 15) is 4.79 Å². The van der Waals surface area contributed by atoms with Gasteiger partial charge in [0.15, 0.2) is 18.1 Å². The summed E-state index contributed by atoms with van der Waals surface area (Å²) in [6.45, 7) is 11.1. The van der Waals surface area contributed by atoms with E-state index < -0.39 is 0 Å². The summed E-state index contributed by atoms with van der Waals surface area (Å²) in [4.78, 5) is 12.1. The fraction of sp³-hybridized carbons (Fsp3) is 0.480. The van der Waals surface area contributed by atoms with Crippen LogP contribution >= 0.6 is 15.9 Å². The van der Waals surface area contributed by atoms with E-state index in [1.54, 1.807) is 0 Å². The van der Waals surface area contributed by atoms with E-state index in [1.165, 1.54) is 5.56 Å². The van der Waals surface area contributed by atoms with Crippen LogP contribution in [0.3, 0.4) is 0 Å². The second kappa shape index (κ2) is 12.1. The van der Waals surface area contributed by atoms with E-state index in [0.717, 1.165) is 22.9 Å². The van der Waals surface area contributed by atoms with Crippen molar-refractivity contribution in [3.8, 4) is 11.5 Å². The van der Waals surface area contributed by atoms with Gasteiger partial charge < -0.3 is 20.1 Å². The Morgan fingerprint density at radius 2 is 1.77 bits per heavy atom. The zero-order valence-corrected chi connectivity index (χ0v) is 20.8. The van der Waals surface area contributed by atoms with Crippen molar-refractivity contribution in [2.75, 3.05) is 13.2 Å². The zero-order valence-electron chi connectivity index (χ0n) is 19.3. The van der Waals surface area contributed by atoms with Crippen molar-refractivity contribution >= 4 is 21.8 Å². The maximum atomic E-state index is 12.1. The normalized spacial score (nSPS) is 12.3. The molecule has 6 heteroatoms. The number of rotatable bonds is 11. The maximum Gasteiger partial charge on any atom is 0.258 e. The molecule has 1 unspecified atom stereocenters. The first-order valence-corrected chi connectivity index (χ1v) is 11.6. The van der Waals surface area contributed by atoms with Crippen LogP contribution in [0.15, 0.2) is 46.9 Å². The lowest BCUT2D eigenvalue weighted by molar-refractivity contribution is -0.124. The number of amides is 1. The van der Waals surface area contributed by atoms with Crippen LogP contribution in [0.4, 0.5) is 0 Å². The van der Waals surface area contributed by atoms with Crippen LogP contribution in [-0.4, -0.2) is 30.7 Å². The minimum Gasteiger partial charge on any atom is -0.490 e. The Morgan fingerprint density at radius 3 is 2.42 bits per heavy atom. The third kappa shape index (κ3) is 9.32. The van der Waals surface area contributed by atoms with Crippen molar-refractivity contribution in [2.24, 2.45) is 0 Å². The van der Waals surface area contributed by atoms with Crippen LogP contribution in [0.5, 0.6) is 11.5 Å². The van der Waals surface area contributed by atoms with E-state index in [0.29, 0.717) is 30.7 Å². The lowest BCUT2D eigenvalue weighted by Crippen LogP contribution is -2.43. The van der Waals surface area contributed by atoms with Gasteiger partial charge in [0.2, 0.25) is 0 Å². The van der Waals surface area contributed by atoms with Crippen LogP contribution in [-0.2, 0) is 17.8 Å². The van der Waals surface area contributed by atoms with Gasteiger partial charge in [0.1, 0.15) is 0 Å². The molecule has 0 spiro atoms. The van der Waals surface area contributed by atoms with E-state index in [2.05, 4.69) is 57.8 Å². The van der Waals surface area contributed by atoms with Gasteiger partial charge >= 0.3 is 0 Å². The molecule has 2 aromatic carbocycles. The highest BCUT2D eigenvalue weighted by atomic mass is 79.9. The molecule has 0 aliphatic heterocycles. The number of hydrogen-bond donors (Lipinski definition) is 2. The SMILES string of the molecule is CCOc1cc(CNC(C)CCc2ccccc2)c(Br)cc1OCC(=O)NC(C)(C)C.